The Morgan fingerprint density at radius 1 is 1.22 bits per heavy atom. The van der Waals surface area contributed by atoms with E-state index in [2.05, 4.69) is 5.32 Å². The van der Waals surface area contributed by atoms with Crippen LogP contribution in [0.3, 0.4) is 0 Å². The van der Waals surface area contributed by atoms with E-state index in [1.807, 2.05) is 44.2 Å². The average Bonchev–Trinajstić information content (AvgIpc) is 2.34. The zero-order valence-corrected chi connectivity index (χ0v) is 11.1. The summed E-state index contributed by atoms with van der Waals surface area (Å²) in [5.41, 5.74) is 0.740. The third-order valence-corrected chi connectivity index (χ3v) is 2.46. The third-order valence-electron chi connectivity index (χ3n) is 2.46. The molecule has 0 saturated heterocycles. The van der Waals surface area contributed by atoms with Crippen molar-refractivity contribution < 1.29 is 9.59 Å². The number of para-hydroxylation sites is 1. The first-order chi connectivity index (χ1) is 8.50. The fourth-order valence-electron chi connectivity index (χ4n) is 1.51. The minimum atomic E-state index is -0.138. The molecule has 1 N–H and O–H groups in total. The lowest BCUT2D eigenvalue weighted by Crippen LogP contribution is -2.40. The van der Waals surface area contributed by atoms with Crippen LogP contribution in [-0.2, 0) is 9.59 Å². The Labute approximate surface area is 108 Å². The van der Waals surface area contributed by atoms with Gasteiger partial charge in [-0.15, -0.1) is 0 Å². The zero-order valence-electron chi connectivity index (χ0n) is 11.1. The van der Waals surface area contributed by atoms with Crippen LogP contribution in [0, 0.1) is 5.92 Å². The van der Waals surface area contributed by atoms with Crippen LogP contribution in [0.2, 0.25) is 0 Å². The quantitative estimate of drug-likeness (QED) is 0.864. The van der Waals surface area contributed by atoms with E-state index in [1.54, 1.807) is 0 Å². The van der Waals surface area contributed by atoms with E-state index in [0.29, 0.717) is 12.5 Å². The van der Waals surface area contributed by atoms with Gasteiger partial charge in [0.2, 0.25) is 11.8 Å². The van der Waals surface area contributed by atoms with Crippen molar-refractivity contribution in [3.63, 3.8) is 0 Å². The number of hydrogen-bond acceptors (Lipinski definition) is 2. The van der Waals surface area contributed by atoms with Crippen LogP contribution >= 0.6 is 0 Å². The number of rotatable bonds is 5. The molecule has 0 aliphatic rings. The van der Waals surface area contributed by atoms with E-state index in [9.17, 15) is 9.59 Å². The Hall–Kier alpha value is -1.84. The van der Waals surface area contributed by atoms with Gasteiger partial charge in [0.1, 0.15) is 6.54 Å². The number of benzene rings is 1. The maximum atomic E-state index is 11.7. The van der Waals surface area contributed by atoms with Gasteiger partial charge in [-0.1, -0.05) is 32.0 Å². The van der Waals surface area contributed by atoms with E-state index >= 15 is 0 Å². The Balaban J connectivity index is 2.65. The van der Waals surface area contributed by atoms with Crippen molar-refractivity contribution in [3.8, 4) is 0 Å². The molecule has 0 fully saturated rings. The largest absolute Gasteiger partial charge is 0.354 e. The number of amides is 2. The van der Waals surface area contributed by atoms with Crippen LogP contribution in [0.1, 0.15) is 20.8 Å². The van der Waals surface area contributed by atoms with Crippen molar-refractivity contribution in [1.82, 2.24) is 5.32 Å². The fraction of sp³-hybridized carbons (Fsp3) is 0.429. The van der Waals surface area contributed by atoms with Crippen LogP contribution in [-0.4, -0.2) is 24.9 Å². The molecule has 0 saturated carbocycles. The molecule has 0 bridgehead atoms. The van der Waals surface area contributed by atoms with E-state index in [0.717, 1.165) is 5.69 Å². The number of nitrogens with one attached hydrogen (secondary N) is 1. The predicted octanol–water partition coefficient (Wildman–Crippen LogP) is 1.81. The first kappa shape index (κ1) is 14.2. The average molecular weight is 248 g/mol. The lowest BCUT2D eigenvalue weighted by atomic mass is 10.2. The highest BCUT2D eigenvalue weighted by atomic mass is 16.2. The number of nitrogens with zero attached hydrogens (tertiary/aromatic N) is 1. The third kappa shape index (κ3) is 4.57. The summed E-state index contributed by atoms with van der Waals surface area (Å²) >= 11 is 0. The molecule has 0 unspecified atom stereocenters. The molecule has 2 amide bonds. The number of hydrogen-bond donors (Lipinski definition) is 1. The van der Waals surface area contributed by atoms with Gasteiger partial charge in [0.05, 0.1) is 0 Å². The zero-order chi connectivity index (χ0) is 13.5. The van der Waals surface area contributed by atoms with E-state index in [-0.39, 0.29) is 18.4 Å². The fourth-order valence-corrected chi connectivity index (χ4v) is 1.51. The lowest BCUT2D eigenvalue weighted by molar-refractivity contribution is -0.123. The molecule has 0 radical (unpaired) electrons. The Morgan fingerprint density at radius 3 is 2.33 bits per heavy atom. The van der Waals surface area contributed by atoms with Crippen LogP contribution in [0.15, 0.2) is 30.3 Å². The molecule has 1 rings (SSSR count). The van der Waals surface area contributed by atoms with Crippen molar-refractivity contribution in [3.05, 3.63) is 30.3 Å². The first-order valence-electron chi connectivity index (χ1n) is 6.10. The summed E-state index contributed by atoms with van der Waals surface area (Å²) in [6, 6.07) is 9.20. The predicted molar refractivity (Wildman–Crippen MR) is 72.3 cm³/mol. The minimum Gasteiger partial charge on any atom is -0.354 e. The second kappa shape index (κ2) is 6.79. The standard InChI is InChI=1S/C14H20N2O2/c1-11(2)9-15-14(18)10-16(12(3)17)13-7-5-4-6-8-13/h4-8,11H,9-10H2,1-3H3,(H,15,18). The van der Waals surface area contributed by atoms with Gasteiger partial charge in [0.25, 0.3) is 0 Å². The summed E-state index contributed by atoms with van der Waals surface area (Å²) in [6.45, 7) is 6.20. The molecule has 0 atom stereocenters. The molecule has 98 valence electrons. The molecule has 0 aliphatic carbocycles. The molecule has 4 nitrogen and oxygen atoms in total. The van der Waals surface area contributed by atoms with E-state index in [4.69, 9.17) is 0 Å². The molecule has 1 aromatic carbocycles. The van der Waals surface area contributed by atoms with Gasteiger partial charge < -0.3 is 10.2 Å². The SMILES string of the molecule is CC(=O)N(CC(=O)NCC(C)C)c1ccccc1. The monoisotopic (exact) mass is 248 g/mol. The van der Waals surface area contributed by atoms with Crippen LogP contribution in [0.25, 0.3) is 0 Å². The summed E-state index contributed by atoms with van der Waals surface area (Å²) in [5.74, 6) is 0.125. The Morgan fingerprint density at radius 2 is 1.83 bits per heavy atom. The highest BCUT2D eigenvalue weighted by molar-refractivity contribution is 5.97. The van der Waals surface area contributed by atoms with Gasteiger partial charge in [-0.25, -0.2) is 0 Å². The van der Waals surface area contributed by atoms with Crippen molar-refractivity contribution in [2.75, 3.05) is 18.0 Å². The molecule has 0 aliphatic heterocycles. The molecule has 1 aromatic rings. The Bertz CT molecular complexity index is 402. The van der Waals surface area contributed by atoms with Crippen LogP contribution in [0.4, 0.5) is 5.69 Å². The molecular formula is C14H20N2O2. The Kier molecular flexibility index (Phi) is 5.36. The number of carbonyl (C=O) groups excluding carboxylic acids is 2. The summed E-state index contributed by atoms with van der Waals surface area (Å²) in [4.78, 5) is 24.8. The second-order valence-electron chi connectivity index (χ2n) is 4.64. The molecular weight excluding hydrogens is 228 g/mol. The van der Waals surface area contributed by atoms with Gasteiger partial charge in [-0.2, -0.15) is 0 Å². The number of anilines is 1. The van der Waals surface area contributed by atoms with Gasteiger partial charge >= 0.3 is 0 Å². The summed E-state index contributed by atoms with van der Waals surface area (Å²) in [7, 11) is 0. The van der Waals surface area contributed by atoms with Crippen molar-refractivity contribution >= 4 is 17.5 Å². The van der Waals surface area contributed by atoms with E-state index in [1.165, 1.54) is 11.8 Å². The van der Waals surface area contributed by atoms with Crippen LogP contribution in [0.5, 0.6) is 0 Å². The van der Waals surface area contributed by atoms with E-state index < -0.39 is 0 Å². The summed E-state index contributed by atoms with van der Waals surface area (Å²) in [5, 5.41) is 2.80. The molecule has 0 heterocycles. The topological polar surface area (TPSA) is 49.4 Å². The maximum Gasteiger partial charge on any atom is 0.240 e. The molecule has 0 aromatic heterocycles. The normalized spacial score (nSPS) is 10.2. The summed E-state index contributed by atoms with van der Waals surface area (Å²) in [6.07, 6.45) is 0. The highest BCUT2D eigenvalue weighted by Crippen LogP contribution is 2.12. The van der Waals surface area contributed by atoms with Gasteiger partial charge in [0, 0.05) is 19.2 Å². The molecule has 18 heavy (non-hydrogen) atoms. The van der Waals surface area contributed by atoms with Crippen molar-refractivity contribution in [1.29, 1.82) is 0 Å². The van der Waals surface area contributed by atoms with Crippen molar-refractivity contribution in [2.24, 2.45) is 5.92 Å². The lowest BCUT2D eigenvalue weighted by Gasteiger charge is -2.20. The maximum absolute atomic E-state index is 11.7. The minimum absolute atomic E-state index is 0.0616. The summed E-state index contributed by atoms with van der Waals surface area (Å²) < 4.78 is 0. The smallest absolute Gasteiger partial charge is 0.240 e. The van der Waals surface area contributed by atoms with Gasteiger partial charge in [0.15, 0.2) is 0 Å². The number of carbonyl (C=O) groups is 2. The highest BCUT2D eigenvalue weighted by Gasteiger charge is 2.15. The molecule has 4 heteroatoms. The molecule has 0 spiro atoms. The van der Waals surface area contributed by atoms with Crippen molar-refractivity contribution in [2.45, 2.75) is 20.8 Å². The van der Waals surface area contributed by atoms with Gasteiger partial charge in [-0.3, -0.25) is 9.59 Å². The van der Waals surface area contributed by atoms with Crippen LogP contribution < -0.4 is 10.2 Å². The second-order valence-corrected chi connectivity index (χ2v) is 4.64. The van der Waals surface area contributed by atoms with Gasteiger partial charge in [-0.05, 0) is 18.1 Å². The first-order valence-corrected chi connectivity index (χ1v) is 6.10.